The van der Waals surface area contributed by atoms with E-state index in [2.05, 4.69) is 0 Å². The summed E-state index contributed by atoms with van der Waals surface area (Å²) in [6.07, 6.45) is -0.161. The van der Waals surface area contributed by atoms with E-state index in [1.807, 2.05) is 0 Å². The van der Waals surface area contributed by atoms with Gasteiger partial charge in [-0.3, -0.25) is 4.79 Å². The van der Waals surface area contributed by atoms with Crippen molar-refractivity contribution in [3.63, 3.8) is 0 Å². The van der Waals surface area contributed by atoms with Crippen LogP contribution in [0.2, 0.25) is 5.02 Å². The summed E-state index contributed by atoms with van der Waals surface area (Å²) >= 11 is 5.39. The van der Waals surface area contributed by atoms with Gasteiger partial charge in [-0.25, -0.2) is 8.78 Å². The molecule has 0 aliphatic carbocycles. The zero-order valence-corrected chi connectivity index (χ0v) is 8.89. The van der Waals surface area contributed by atoms with Crippen LogP contribution in [-0.2, 0) is 11.2 Å². The van der Waals surface area contributed by atoms with Gasteiger partial charge in [-0.1, -0.05) is 11.6 Å². The van der Waals surface area contributed by atoms with Gasteiger partial charge in [0.15, 0.2) is 5.82 Å². The molecule has 1 aromatic rings. The molecule has 0 bridgehead atoms. The summed E-state index contributed by atoms with van der Waals surface area (Å²) in [7, 11) is 0. The fourth-order valence-electron chi connectivity index (χ4n) is 1.27. The van der Waals surface area contributed by atoms with Crippen molar-refractivity contribution in [2.45, 2.75) is 19.3 Å². The molecule has 0 aromatic heterocycles. The van der Waals surface area contributed by atoms with Crippen LogP contribution in [0.5, 0.6) is 5.75 Å². The Labute approximate surface area is 95.3 Å². The Morgan fingerprint density at radius 1 is 1.44 bits per heavy atom. The van der Waals surface area contributed by atoms with Gasteiger partial charge < -0.3 is 10.2 Å². The second kappa shape index (κ2) is 5.12. The summed E-state index contributed by atoms with van der Waals surface area (Å²) in [6.45, 7) is 0. The lowest BCUT2D eigenvalue weighted by atomic mass is 10.1. The molecule has 0 fully saturated rings. The molecule has 1 aromatic carbocycles. The zero-order valence-electron chi connectivity index (χ0n) is 8.14. The number of halogens is 3. The summed E-state index contributed by atoms with van der Waals surface area (Å²) in [6, 6.07) is 0.710. The van der Waals surface area contributed by atoms with E-state index in [1.54, 1.807) is 0 Å². The summed E-state index contributed by atoms with van der Waals surface area (Å²) in [4.78, 5) is 10.2. The van der Waals surface area contributed by atoms with E-state index >= 15 is 0 Å². The minimum atomic E-state index is -1.04. The highest BCUT2D eigenvalue weighted by molar-refractivity contribution is 6.32. The van der Waals surface area contributed by atoms with Gasteiger partial charge in [0.25, 0.3) is 0 Å². The Balaban J connectivity index is 2.87. The van der Waals surface area contributed by atoms with E-state index in [0.717, 1.165) is 0 Å². The Hall–Kier alpha value is -1.36. The predicted octanol–water partition coefficient (Wildman–Crippen LogP) is 2.73. The molecule has 16 heavy (non-hydrogen) atoms. The number of carbonyl (C=O) groups is 1. The molecule has 0 aliphatic rings. The van der Waals surface area contributed by atoms with Crippen molar-refractivity contribution >= 4 is 17.6 Å². The molecule has 0 atom stereocenters. The Bertz CT molecular complexity index is 421. The van der Waals surface area contributed by atoms with Crippen LogP contribution in [0, 0.1) is 11.6 Å². The Morgan fingerprint density at radius 2 is 2.06 bits per heavy atom. The first kappa shape index (κ1) is 12.7. The summed E-state index contributed by atoms with van der Waals surface area (Å²) < 4.78 is 26.6. The number of aliphatic carboxylic acids is 1. The van der Waals surface area contributed by atoms with Crippen molar-refractivity contribution in [3.8, 4) is 5.75 Å². The van der Waals surface area contributed by atoms with E-state index in [4.69, 9.17) is 21.8 Å². The first-order valence-electron chi connectivity index (χ1n) is 4.50. The number of hydrogen-bond donors (Lipinski definition) is 2. The van der Waals surface area contributed by atoms with Gasteiger partial charge in [-0.2, -0.15) is 0 Å². The van der Waals surface area contributed by atoms with Crippen molar-refractivity contribution in [1.29, 1.82) is 0 Å². The molecule has 0 unspecified atom stereocenters. The molecule has 88 valence electrons. The third kappa shape index (κ3) is 2.82. The topological polar surface area (TPSA) is 57.5 Å². The number of phenolic OH excluding ortho intramolecular Hbond substituents is 1. The van der Waals surface area contributed by atoms with E-state index in [-0.39, 0.29) is 24.8 Å². The molecule has 0 radical (unpaired) electrons. The molecular weight excluding hydrogens is 242 g/mol. The molecule has 3 nitrogen and oxygen atoms in total. The molecule has 0 saturated heterocycles. The van der Waals surface area contributed by atoms with Crippen LogP contribution in [0.4, 0.5) is 8.78 Å². The van der Waals surface area contributed by atoms with Crippen LogP contribution in [0.25, 0.3) is 0 Å². The number of carboxylic acid groups (broad SMARTS) is 1. The first-order chi connectivity index (χ1) is 7.43. The van der Waals surface area contributed by atoms with E-state index in [1.165, 1.54) is 0 Å². The number of phenols is 1. The summed E-state index contributed by atoms with van der Waals surface area (Å²) in [5.74, 6) is -3.67. The van der Waals surface area contributed by atoms with Crippen molar-refractivity contribution < 1.29 is 23.8 Å². The second-order valence-corrected chi connectivity index (χ2v) is 3.61. The molecule has 0 aliphatic heterocycles. The van der Waals surface area contributed by atoms with Crippen LogP contribution in [0.3, 0.4) is 0 Å². The van der Waals surface area contributed by atoms with Gasteiger partial charge in [0.05, 0.1) is 0 Å². The van der Waals surface area contributed by atoms with Crippen molar-refractivity contribution in [1.82, 2.24) is 0 Å². The van der Waals surface area contributed by atoms with Gasteiger partial charge in [-0.15, -0.1) is 0 Å². The Kier molecular flexibility index (Phi) is 4.06. The van der Waals surface area contributed by atoms with E-state index in [9.17, 15) is 13.6 Å². The fourth-order valence-corrected chi connectivity index (χ4v) is 1.43. The van der Waals surface area contributed by atoms with Crippen LogP contribution >= 0.6 is 11.6 Å². The lowest BCUT2D eigenvalue weighted by Gasteiger charge is -2.07. The molecule has 0 amide bonds. The summed E-state index contributed by atoms with van der Waals surface area (Å²) in [5, 5.41) is 16.8. The maximum absolute atomic E-state index is 13.4. The number of rotatable bonds is 4. The number of aromatic hydroxyl groups is 1. The quantitative estimate of drug-likeness (QED) is 0.808. The van der Waals surface area contributed by atoms with Crippen LogP contribution in [0.15, 0.2) is 6.07 Å². The molecule has 0 saturated carbocycles. The van der Waals surface area contributed by atoms with Crippen LogP contribution in [-0.4, -0.2) is 16.2 Å². The van der Waals surface area contributed by atoms with Crippen LogP contribution in [0.1, 0.15) is 18.4 Å². The SMILES string of the molecule is O=C(O)CCCc1c(F)cc(O)c(Cl)c1F. The number of benzene rings is 1. The van der Waals surface area contributed by atoms with Crippen molar-refractivity contribution in [2.75, 3.05) is 0 Å². The minimum Gasteiger partial charge on any atom is -0.506 e. The monoisotopic (exact) mass is 250 g/mol. The van der Waals surface area contributed by atoms with Gasteiger partial charge in [-0.05, 0) is 12.8 Å². The highest BCUT2D eigenvalue weighted by atomic mass is 35.5. The number of carboxylic acids is 1. The zero-order chi connectivity index (χ0) is 12.3. The molecule has 0 heterocycles. The van der Waals surface area contributed by atoms with E-state index in [0.29, 0.717) is 6.07 Å². The molecular formula is C10H9ClF2O3. The Morgan fingerprint density at radius 3 is 2.62 bits per heavy atom. The van der Waals surface area contributed by atoms with Crippen LogP contribution < -0.4 is 0 Å². The largest absolute Gasteiger partial charge is 0.506 e. The van der Waals surface area contributed by atoms with Crippen molar-refractivity contribution in [3.05, 3.63) is 28.3 Å². The minimum absolute atomic E-state index is 0.0794. The lowest BCUT2D eigenvalue weighted by molar-refractivity contribution is -0.137. The van der Waals surface area contributed by atoms with Gasteiger partial charge >= 0.3 is 5.97 Å². The van der Waals surface area contributed by atoms with Gasteiger partial charge in [0.2, 0.25) is 0 Å². The molecule has 1 rings (SSSR count). The highest BCUT2D eigenvalue weighted by Gasteiger charge is 2.16. The second-order valence-electron chi connectivity index (χ2n) is 3.23. The third-order valence-corrected chi connectivity index (χ3v) is 2.41. The van der Waals surface area contributed by atoms with Gasteiger partial charge in [0.1, 0.15) is 16.6 Å². The fraction of sp³-hybridized carbons (Fsp3) is 0.300. The average molecular weight is 251 g/mol. The molecule has 6 heteroatoms. The molecule has 0 spiro atoms. The molecule has 2 N–H and O–H groups in total. The smallest absolute Gasteiger partial charge is 0.303 e. The first-order valence-corrected chi connectivity index (χ1v) is 4.88. The predicted molar refractivity (Wildman–Crippen MR) is 53.6 cm³/mol. The number of hydrogen-bond acceptors (Lipinski definition) is 2. The standard InChI is InChI=1S/C10H9ClF2O3/c11-9-7(14)4-6(12)5(10(9)13)2-1-3-8(15)16/h4,14H,1-3H2,(H,15,16). The maximum atomic E-state index is 13.4. The normalized spacial score (nSPS) is 10.4. The third-order valence-electron chi connectivity index (χ3n) is 2.05. The van der Waals surface area contributed by atoms with E-state index < -0.39 is 28.4 Å². The van der Waals surface area contributed by atoms with Crippen molar-refractivity contribution in [2.24, 2.45) is 0 Å². The lowest BCUT2D eigenvalue weighted by Crippen LogP contribution is -2.00. The average Bonchev–Trinajstić information content (AvgIpc) is 2.19. The summed E-state index contributed by atoms with van der Waals surface area (Å²) in [5.41, 5.74) is -0.302. The maximum Gasteiger partial charge on any atom is 0.303 e. The highest BCUT2D eigenvalue weighted by Crippen LogP contribution is 2.31. The van der Waals surface area contributed by atoms with Gasteiger partial charge in [0, 0.05) is 18.1 Å².